The highest BCUT2D eigenvalue weighted by Crippen LogP contribution is 2.35. The van der Waals surface area contributed by atoms with Gasteiger partial charge in [-0.3, -0.25) is 4.79 Å². The topological polar surface area (TPSA) is 118 Å². The summed E-state index contributed by atoms with van der Waals surface area (Å²) in [5.74, 6) is 0.124. The Morgan fingerprint density at radius 2 is 2.06 bits per heavy atom. The molecule has 12 heteroatoms. The molecule has 0 spiro atoms. The molecular formula is C24H27F3N6O3. The van der Waals surface area contributed by atoms with Crippen LogP contribution < -0.4 is 15.8 Å². The van der Waals surface area contributed by atoms with Crippen LogP contribution in [-0.4, -0.2) is 64.9 Å². The van der Waals surface area contributed by atoms with Crippen molar-refractivity contribution in [2.24, 2.45) is 0 Å². The molecule has 36 heavy (non-hydrogen) atoms. The lowest BCUT2D eigenvalue weighted by molar-refractivity contribution is -0.274. The molecule has 4 N–H and O–H groups in total. The largest absolute Gasteiger partial charge is 0.573 e. The Bertz CT molecular complexity index is 1260. The summed E-state index contributed by atoms with van der Waals surface area (Å²) < 4.78 is 47.2. The van der Waals surface area contributed by atoms with E-state index in [9.17, 15) is 18.0 Å². The van der Waals surface area contributed by atoms with Gasteiger partial charge in [0.05, 0.1) is 12.2 Å². The van der Waals surface area contributed by atoms with Crippen molar-refractivity contribution in [2.45, 2.75) is 37.6 Å². The molecule has 9 nitrogen and oxygen atoms in total. The number of fused-ring (bicyclic) bond motifs is 1. The molecule has 192 valence electrons. The van der Waals surface area contributed by atoms with Gasteiger partial charge in [-0.1, -0.05) is 0 Å². The summed E-state index contributed by atoms with van der Waals surface area (Å²) in [6.07, 6.45) is -1.66. The number of carbonyl (C=O) groups excluding carboxylic acids is 1. The number of halogens is 3. The molecule has 1 unspecified atom stereocenters. The number of aromatic amines is 1. The van der Waals surface area contributed by atoms with Crippen LogP contribution in [0.2, 0.25) is 0 Å². The van der Waals surface area contributed by atoms with Gasteiger partial charge in [0, 0.05) is 44.1 Å². The molecule has 3 aromatic rings. The number of nitrogens with zero attached hydrogens (tertiary/aromatic N) is 3. The van der Waals surface area contributed by atoms with Crippen LogP contribution >= 0.6 is 0 Å². The van der Waals surface area contributed by atoms with Gasteiger partial charge < -0.3 is 30.4 Å². The number of pyridine rings is 1. The monoisotopic (exact) mass is 504 g/mol. The molecule has 1 atom stereocenters. The number of nitrogen functional groups attached to an aromatic ring is 1. The van der Waals surface area contributed by atoms with Crippen molar-refractivity contribution in [3.8, 4) is 5.75 Å². The van der Waals surface area contributed by atoms with Crippen molar-refractivity contribution < 1.29 is 27.4 Å². The van der Waals surface area contributed by atoms with Crippen molar-refractivity contribution in [1.29, 1.82) is 0 Å². The molecule has 2 saturated heterocycles. The minimum absolute atomic E-state index is 0.0586. The number of aromatic nitrogens is 3. The highest BCUT2D eigenvalue weighted by molar-refractivity contribution is 5.99. The normalized spacial score (nSPS) is 21.6. The maximum Gasteiger partial charge on any atom is 0.573 e. The number of benzene rings is 1. The molecule has 4 heterocycles. The molecule has 2 aliphatic heterocycles. The second kappa shape index (κ2) is 9.25. The number of morpholine rings is 1. The number of carbonyl (C=O) groups is 1. The van der Waals surface area contributed by atoms with E-state index in [4.69, 9.17) is 15.5 Å². The number of ether oxygens (including phenoxy) is 2. The fraction of sp³-hybridized carbons (Fsp3) is 0.458. The number of anilines is 1. The van der Waals surface area contributed by atoms with Crippen molar-refractivity contribution in [1.82, 2.24) is 25.2 Å². The molecular weight excluding hydrogens is 477 g/mol. The van der Waals surface area contributed by atoms with Crippen LogP contribution in [0.5, 0.6) is 5.75 Å². The smallest absolute Gasteiger partial charge is 0.406 e. The zero-order valence-electron chi connectivity index (χ0n) is 19.7. The van der Waals surface area contributed by atoms with Crippen molar-refractivity contribution in [3.05, 3.63) is 47.4 Å². The lowest BCUT2D eigenvalue weighted by Crippen LogP contribution is -2.46. The van der Waals surface area contributed by atoms with Crippen LogP contribution in [0.4, 0.5) is 18.9 Å². The SMILES string of the molecule is CC1(c2nc3c(C4CCN(C(=O)c5ccc(OC(F)(F)F)cc5N)CC4)ccnc3[nH]2)CNCCO1. The van der Waals surface area contributed by atoms with E-state index in [-0.39, 0.29) is 23.1 Å². The third-order valence-corrected chi connectivity index (χ3v) is 6.79. The first-order valence-corrected chi connectivity index (χ1v) is 11.8. The summed E-state index contributed by atoms with van der Waals surface area (Å²) in [4.78, 5) is 27.3. The molecule has 0 radical (unpaired) electrons. The van der Waals surface area contributed by atoms with E-state index >= 15 is 0 Å². The number of hydrogen-bond donors (Lipinski definition) is 3. The van der Waals surface area contributed by atoms with Gasteiger partial charge in [-0.25, -0.2) is 9.97 Å². The van der Waals surface area contributed by atoms with Crippen LogP contribution in [0.15, 0.2) is 30.5 Å². The number of imidazole rings is 1. The number of alkyl halides is 3. The van der Waals surface area contributed by atoms with Crippen molar-refractivity contribution >= 4 is 22.8 Å². The highest BCUT2D eigenvalue weighted by Gasteiger charge is 2.35. The molecule has 1 aromatic carbocycles. The molecule has 2 fully saturated rings. The van der Waals surface area contributed by atoms with Gasteiger partial charge in [0.2, 0.25) is 0 Å². The number of nitrogens with two attached hydrogens (primary N) is 1. The van der Waals surface area contributed by atoms with Gasteiger partial charge in [0.1, 0.15) is 22.7 Å². The summed E-state index contributed by atoms with van der Waals surface area (Å²) in [6.45, 7) is 5.01. The molecule has 2 aromatic heterocycles. The number of likely N-dealkylation sites (tertiary alicyclic amines) is 1. The first-order valence-electron chi connectivity index (χ1n) is 11.8. The number of hydrogen-bond acceptors (Lipinski definition) is 7. The van der Waals surface area contributed by atoms with Crippen LogP contribution in [-0.2, 0) is 10.3 Å². The van der Waals surface area contributed by atoms with Crippen molar-refractivity contribution in [2.75, 3.05) is 38.5 Å². The fourth-order valence-corrected chi connectivity index (χ4v) is 4.88. The Kier molecular flexibility index (Phi) is 6.25. The number of piperidine rings is 1. The van der Waals surface area contributed by atoms with Gasteiger partial charge >= 0.3 is 6.36 Å². The maximum absolute atomic E-state index is 13.0. The van der Waals surface area contributed by atoms with Crippen molar-refractivity contribution in [3.63, 3.8) is 0 Å². The third-order valence-electron chi connectivity index (χ3n) is 6.79. The van der Waals surface area contributed by atoms with Gasteiger partial charge in [-0.2, -0.15) is 0 Å². The molecule has 0 saturated carbocycles. The molecule has 0 aliphatic carbocycles. The van der Waals surface area contributed by atoms with E-state index in [0.717, 1.165) is 35.6 Å². The second-order valence-corrected chi connectivity index (χ2v) is 9.30. The third kappa shape index (κ3) is 4.82. The van der Waals surface area contributed by atoms with E-state index < -0.39 is 17.7 Å². The average molecular weight is 505 g/mol. The summed E-state index contributed by atoms with van der Waals surface area (Å²) in [5.41, 5.74) is 7.97. The van der Waals surface area contributed by atoms with Crippen LogP contribution in [0.3, 0.4) is 0 Å². The molecule has 2 aliphatic rings. The minimum Gasteiger partial charge on any atom is -0.406 e. The average Bonchev–Trinajstić information content (AvgIpc) is 3.29. The highest BCUT2D eigenvalue weighted by atomic mass is 19.4. The lowest BCUT2D eigenvalue weighted by atomic mass is 9.89. The lowest BCUT2D eigenvalue weighted by Gasteiger charge is -2.33. The fourth-order valence-electron chi connectivity index (χ4n) is 4.88. The van der Waals surface area contributed by atoms with Gasteiger partial charge in [-0.15, -0.1) is 13.2 Å². The zero-order chi connectivity index (χ0) is 25.5. The molecule has 1 amide bonds. The number of amides is 1. The summed E-state index contributed by atoms with van der Waals surface area (Å²) in [6, 6.07) is 5.35. The van der Waals surface area contributed by atoms with Gasteiger partial charge in [0.25, 0.3) is 5.91 Å². The molecule has 0 bridgehead atoms. The second-order valence-electron chi connectivity index (χ2n) is 9.30. The van der Waals surface area contributed by atoms with Gasteiger partial charge in [0.15, 0.2) is 5.65 Å². The van der Waals surface area contributed by atoms with E-state index in [2.05, 4.69) is 20.0 Å². The Hall–Kier alpha value is -3.38. The Labute approximate surface area is 205 Å². The number of rotatable bonds is 4. The number of H-pyrrole nitrogens is 1. The Morgan fingerprint density at radius 3 is 2.72 bits per heavy atom. The first kappa shape index (κ1) is 24.3. The predicted molar refractivity (Wildman–Crippen MR) is 125 cm³/mol. The minimum atomic E-state index is -4.83. The molecule has 5 rings (SSSR count). The summed E-state index contributed by atoms with van der Waals surface area (Å²) in [5, 5.41) is 3.33. The predicted octanol–water partition coefficient (Wildman–Crippen LogP) is 3.29. The number of nitrogens with one attached hydrogen (secondary N) is 2. The van der Waals surface area contributed by atoms with E-state index in [0.29, 0.717) is 44.7 Å². The van der Waals surface area contributed by atoms with E-state index in [1.807, 2.05) is 13.0 Å². The van der Waals surface area contributed by atoms with E-state index in [1.54, 1.807) is 11.1 Å². The van der Waals surface area contributed by atoms with Gasteiger partial charge in [-0.05, 0) is 49.4 Å². The Morgan fingerprint density at radius 1 is 1.28 bits per heavy atom. The Balaban J connectivity index is 1.29. The zero-order valence-corrected chi connectivity index (χ0v) is 19.7. The van der Waals surface area contributed by atoms with Crippen LogP contribution in [0, 0.1) is 0 Å². The quantitative estimate of drug-likeness (QED) is 0.467. The first-order chi connectivity index (χ1) is 17.1. The van der Waals surface area contributed by atoms with Crippen LogP contribution in [0.25, 0.3) is 11.2 Å². The van der Waals surface area contributed by atoms with Crippen LogP contribution in [0.1, 0.15) is 47.4 Å². The summed E-state index contributed by atoms with van der Waals surface area (Å²) in [7, 11) is 0. The van der Waals surface area contributed by atoms with E-state index in [1.165, 1.54) is 6.07 Å². The maximum atomic E-state index is 13.0. The summed E-state index contributed by atoms with van der Waals surface area (Å²) >= 11 is 0. The standard InChI is InChI=1S/C24H27F3N6O3/c1-23(13-29-8-11-35-23)22-31-19-16(4-7-30-20(19)32-22)14-5-9-33(10-6-14)21(34)17-3-2-15(12-18(17)28)36-24(25,26)27/h2-4,7,12,14,29H,5-6,8-11,13,28H2,1H3,(H,30,31,32).